The number of guanidine groups is 1. The Labute approximate surface area is 213 Å². The number of aromatic nitrogens is 3. The van der Waals surface area contributed by atoms with Gasteiger partial charge in [0.25, 0.3) is 0 Å². The van der Waals surface area contributed by atoms with Gasteiger partial charge in [-0.05, 0) is 57.2 Å². The first-order valence-electron chi connectivity index (χ1n) is 11.7. The predicted octanol–water partition coefficient (Wildman–Crippen LogP) is 2.59. The summed E-state index contributed by atoms with van der Waals surface area (Å²) in [6, 6.07) is 6.06. The summed E-state index contributed by atoms with van der Waals surface area (Å²) in [5, 5.41) is 11.1. The van der Waals surface area contributed by atoms with Crippen molar-refractivity contribution in [1.29, 1.82) is 0 Å². The fourth-order valence-electron chi connectivity index (χ4n) is 3.83. The second kappa shape index (κ2) is 14.1. The van der Waals surface area contributed by atoms with E-state index in [0.717, 1.165) is 68.5 Å². The van der Waals surface area contributed by atoms with Crippen LogP contribution in [0, 0.1) is 0 Å². The van der Waals surface area contributed by atoms with Crippen LogP contribution >= 0.6 is 24.0 Å². The standard InChI is InChI=1S/C23H36N6O3.HI/c1-4-31-19-11-10-18(17-20(19)32-5-2)12-14-26-22(24-3)25-13-8-16-29-23(30)28-15-7-6-9-21(28)27-29;/h10-11,17H,4-9,12-16H2,1-3H3,(H2,24,25,26);1H. The first kappa shape index (κ1) is 27.0. The molecule has 2 N–H and O–H groups in total. The lowest BCUT2D eigenvalue weighted by atomic mass is 10.1. The Balaban J connectivity index is 0.00000385. The summed E-state index contributed by atoms with van der Waals surface area (Å²) >= 11 is 0. The van der Waals surface area contributed by atoms with Gasteiger partial charge in [0, 0.05) is 39.6 Å². The minimum Gasteiger partial charge on any atom is -0.490 e. The van der Waals surface area contributed by atoms with Crippen LogP contribution in [-0.4, -0.2) is 53.7 Å². The molecule has 3 rings (SSSR count). The molecule has 2 heterocycles. The molecule has 33 heavy (non-hydrogen) atoms. The van der Waals surface area contributed by atoms with Gasteiger partial charge in [0.1, 0.15) is 5.82 Å². The average Bonchev–Trinajstić information content (AvgIpc) is 3.13. The highest BCUT2D eigenvalue weighted by Gasteiger charge is 2.16. The van der Waals surface area contributed by atoms with Gasteiger partial charge in [0.15, 0.2) is 17.5 Å². The molecule has 0 bridgehead atoms. The van der Waals surface area contributed by atoms with Crippen molar-refractivity contribution in [3.63, 3.8) is 0 Å². The summed E-state index contributed by atoms with van der Waals surface area (Å²) in [6.45, 7) is 8.01. The second-order valence-corrected chi connectivity index (χ2v) is 7.71. The van der Waals surface area contributed by atoms with E-state index in [9.17, 15) is 4.79 Å². The van der Waals surface area contributed by atoms with Crippen LogP contribution in [0.25, 0.3) is 0 Å². The third-order valence-corrected chi connectivity index (χ3v) is 5.41. The molecule has 0 saturated heterocycles. The highest BCUT2D eigenvalue weighted by atomic mass is 127. The number of fused-ring (bicyclic) bond motifs is 1. The molecule has 184 valence electrons. The van der Waals surface area contributed by atoms with Gasteiger partial charge in [0.2, 0.25) is 0 Å². The Hall–Kier alpha value is -2.24. The number of aliphatic imine (C=N–C) groups is 1. The van der Waals surface area contributed by atoms with Crippen molar-refractivity contribution in [3.8, 4) is 11.5 Å². The van der Waals surface area contributed by atoms with Crippen molar-refractivity contribution < 1.29 is 9.47 Å². The maximum atomic E-state index is 12.4. The lowest BCUT2D eigenvalue weighted by Gasteiger charge is -2.14. The predicted molar refractivity (Wildman–Crippen MR) is 141 cm³/mol. The Morgan fingerprint density at radius 2 is 1.88 bits per heavy atom. The van der Waals surface area contributed by atoms with Crippen molar-refractivity contribution in [1.82, 2.24) is 25.0 Å². The summed E-state index contributed by atoms with van der Waals surface area (Å²) in [6.07, 6.45) is 4.71. The molecule has 0 amide bonds. The molecule has 0 spiro atoms. The molecule has 0 fully saturated rings. The molecular formula is C23H37IN6O3. The highest BCUT2D eigenvalue weighted by molar-refractivity contribution is 14.0. The zero-order valence-electron chi connectivity index (χ0n) is 19.9. The lowest BCUT2D eigenvalue weighted by Crippen LogP contribution is -2.39. The van der Waals surface area contributed by atoms with E-state index in [-0.39, 0.29) is 29.7 Å². The van der Waals surface area contributed by atoms with Gasteiger partial charge in [0.05, 0.1) is 13.2 Å². The zero-order chi connectivity index (χ0) is 22.8. The number of ether oxygens (including phenoxy) is 2. The molecule has 0 saturated carbocycles. The quantitative estimate of drug-likeness (QED) is 0.186. The van der Waals surface area contributed by atoms with Gasteiger partial charge in [-0.3, -0.25) is 9.56 Å². The molecule has 0 aliphatic carbocycles. The average molecular weight is 572 g/mol. The molecule has 1 aliphatic rings. The van der Waals surface area contributed by atoms with Crippen LogP contribution in [-0.2, 0) is 25.9 Å². The van der Waals surface area contributed by atoms with Crippen molar-refractivity contribution in [2.75, 3.05) is 33.4 Å². The fraction of sp³-hybridized carbons (Fsp3) is 0.609. The Morgan fingerprint density at radius 1 is 1.12 bits per heavy atom. The monoisotopic (exact) mass is 572 g/mol. The van der Waals surface area contributed by atoms with Crippen LogP contribution in [0.5, 0.6) is 11.5 Å². The van der Waals surface area contributed by atoms with E-state index in [1.54, 1.807) is 11.7 Å². The summed E-state index contributed by atoms with van der Waals surface area (Å²) in [5.41, 5.74) is 1.19. The molecular weight excluding hydrogens is 535 g/mol. The van der Waals surface area contributed by atoms with Crippen LogP contribution in [0.15, 0.2) is 28.0 Å². The number of rotatable bonds is 11. The SMILES string of the molecule is CCOc1ccc(CCNC(=NC)NCCCn2nc3n(c2=O)CCCC3)cc1OCC.I. The van der Waals surface area contributed by atoms with Crippen LogP contribution < -0.4 is 25.8 Å². The first-order chi connectivity index (χ1) is 15.7. The van der Waals surface area contributed by atoms with Crippen molar-refractivity contribution >= 4 is 29.9 Å². The smallest absolute Gasteiger partial charge is 0.345 e. The normalized spacial score (nSPS) is 13.1. The number of aryl methyl sites for hydroxylation is 2. The molecule has 1 aliphatic heterocycles. The fourth-order valence-corrected chi connectivity index (χ4v) is 3.83. The van der Waals surface area contributed by atoms with E-state index in [0.29, 0.717) is 26.3 Å². The molecule has 9 nitrogen and oxygen atoms in total. The lowest BCUT2D eigenvalue weighted by molar-refractivity contribution is 0.287. The van der Waals surface area contributed by atoms with Gasteiger partial charge in [-0.2, -0.15) is 5.10 Å². The minimum atomic E-state index is 0. The van der Waals surface area contributed by atoms with E-state index in [1.807, 2.05) is 30.5 Å². The number of nitrogens with one attached hydrogen (secondary N) is 2. The minimum absolute atomic E-state index is 0. The number of hydrogen-bond acceptors (Lipinski definition) is 5. The number of halogens is 1. The Morgan fingerprint density at radius 3 is 2.61 bits per heavy atom. The van der Waals surface area contributed by atoms with Crippen LogP contribution in [0.2, 0.25) is 0 Å². The maximum absolute atomic E-state index is 12.4. The van der Waals surface area contributed by atoms with Gasteiger partial charge >= 0.3 is 5.69 Å². The largest absolute Gasteiger partial charge is 0.490 e. The van der Waals surface area contributed by atoms with Gasteiger partial charge in [-0.1, -0.05) is 6.07 Å². The molecule has 2 aromatic rings. The van der Waals surface area contributed by atoms with Crippen LogP contribution in [0.3, 0.4) is 0 Å². The Kier molecular flexibility index (Phi) is 11.6. The van der Waals surface area contributed by atoms with E-state index in [1.165, 1.54) is 5.56 Å². The molecule has 1 aromatic carbocycles. The molecule has 0 atom stereocenters. The number of nitrogens with zero attached hydrogens (tertiary/aromatic N) is 4. The van der Waals surface area contributed by atoms with E-state index >= 15 is 0 Å². The molecule has 0 radical (unpaired) electrons. The maximum Gasteiger partial charge on any atom is 0.345 e. The van der Waals surface area contributed by atoms with Crippen molar-refractivity contribution in [2.24, 2.45) is 4.99 Å². The summed E-state index contributed by atoms with van der Waals surface area (Å²) in [5.74, 6) is 3.23. The third kappa shape index (κ3) is 7.65. The third-order valence-electron chi connectivity index (χ3n) is 5.41. The van der Waals surface area contributed by atoms with Gasteiger partial charge < -0.3 is 20.1 Å². The molecule has 1 aromatic heterocycles. The van der Waals surface area contributed by atoms with Crippen LogP contribution in [0.1, 0.15) is 44.5 Å². The molecule has 0 unspecified atom stereocenters. The van der Waals surface area contributed by atoms with Gasteiger partial charge in [-0.25, -0.2) is 9.48 Å². The molecule has 10 heteroatoms. The summed E-state index contributed by atoms with van der Waals surface area (Å²) in [7, 11) is 1.76. The van der Waals surface area contributed by atoms with Crippen molar-refractivity contribution in [2.45, 2.75) is 59.0 Å². The topological polar surface area (TPSA) is 94.7 Å². The number of benzene rings is 1. The van der Waals surface area contributed by atoms with Crippen molar-refractivity contribution in [3.05, 3.63) is 40.1 Å². The van der Waals surface area contributed by atoms with E-state index < -0.39 is 0 Å². The summed E-state index contributed by atoms with van der Waals surface area (Å²) < 4.78 is 14.7. The van der Waals surface area contributed by atoms with E-state index in [4.69, 9.17) is 9.47 Å². The second-order valence-electron chi connectivity index (χ2n) is 7.71. The zero-order valence-corrected chi connectivity index (χ0v) is 22.3. The van der Waals surface area contributed by atoms with Gasteiger partial charge in [-0.15, -0.1) is 24.0 Å². The Bertz CT molecular complexity index is 956. The summed E-state index contributed by atoms with van der Waals surface area (Å²) in [4.78, 5) is 16.7. The van der Waals surface area contributed by atoms with Crippen LogP contribution in [0.4, 0.5) is 0 Å². The highest BCUT2D eigenvalue weighted by Crippen LogP contribution is 2.28. The number of hydrogen-bond donors (Lipinski definition) is 2. The first-order valence-corrected chi connectivity index (χ1v) is 11.7. The van der Waals surface area contributed by atoms with E-state index in [2.05, 4.69) is 26.8 Å².